The number of aliphatic hydroxyl groups is 2. The number of carbonyl (C=O) groups is 4. The second-order valence-electron chi connectivity index (χ2n) is 8.98. The first-order chi connectivity index (χ1) is 18.7. The third kappa shape index (κ3) is 8.06. The van der Waals surface area contributed by atoms with Crippen molar-refractivity contribution in [2.75, 3.05) is 26.4 Å². The molecule has 0 aromatic carbocycles. The Labute approximate surface area is 228 Å². The molecule has 1 aliphatic carbocycles. The number of hydrogen-bond acceptors (Lipinski definition) is 10. The fourth-order valence-electron chi connectivity index (χ4n) is 4.45. The highest BCUT2D eigenvalue weighted by molar-refractivity contribution is 6.00. The van der Waals surface area contributed by atoms with E-state index in [1.54, 1.807) is 13.8 Å². The third-order valence-electron chi connectivity index (χ3n) is 6.12. The molecule has 0 amide bonds. The zero-order valence-corrected chi connectivity index (χ0v) is 23.3. The maximum Gasteiger partial charge on any atom is 0.359 e. The molecule has 0 spiro atoms. The zero-order valence-electron chi connectivity index (χ0n) is 23.3. The summed E-state index contributed by atoms with van der Waals surface area (Å²) in [5.41, 5.74) is 2.59. The van der Waals surface area contributed by atoms with Crippen LogP contribution in [-0.4, -0.2) is 79.7 Å². The molecule has 0 saturated heterocycles. The van der Waals surface area contributed by atoms with E-state index in [1.807, 2.05) is 6.92 Å². The van der Waals surface area contributed by atoms with E-state index in [1.165, 1.54) is 16.3 Å². The SMILES string of the molecule is CCCCc1c(C(=O)OCC)nn(CCO)c1C(C)=O.CCOC(=O)c1c2c(nn1CCO)C(=O)CCCC2. The van der Waals surface area contributed by atoms with E-state index in [0.717, 1.165) is 25.7 Å². The number of ketones is 2. The van der Waals surface area contributed by atoms with Gasteiger partial charge < -0.3 is 19.7 Å². The average molecular weight is 549 g/mol. The Morgan fingerprint density at radius 2 is 1.46 bits per heavy atom. The van der Waals surface area contributed by atoms with Gasteiger partial charge in [-0.25, -0.2) is 9.59 Å². The molecule has 12 heteroatoms. The molecule has 0 fully saturated rings. The number of carbonyl (C=O) groups excluding carboxylic acids is 4. The highest BCUT2D eigenvalue weighted by atomic mass is 16.5. The van der Waals surface area contributed by atoms with Crippen LogP contribution < -0.4 is 0 Å². The van der Waals surface area contributed by atoms with Crippen molar-refractivity contribution in [2.24, 2.45) is 0 Å². The fraction of sp³-hybridized carbons (Fsp3) is 0.630. The predicted octanol–water partition coefficient (Wildman–Crippen LogP) is 2.56. The summed E-state index contributed by atoms with van der Waals surface area (Å²) in [5.74, 6) is -1.18. The van der Waals surface area contributed by atoms with Gasteiger partial charge in [0.05, 0.1) is 39.5 Å². The van der Waals surface area contributed by atoms with Gasteiger partial charge in [-0.3, -0.25) is 19.0 Å². The van der Waals surface area contributed by atoms with Crippen LogP contribution in [0.15, 0.2) is 0 Å². The molecule has 0 bridgehead atoms. The van der Waals surface area contributed by atoms with Gasteiger partial charge >= 0.3 is 11.9 Å². The minimum atomic E-state index is -0.516. The molecule has 0 aliphatic heterocycles. The highest BCUT2D eigenvalue weighted by Gasteiger charge is 2.29. The minimum absolute atomic E-state index is 0.0326. The first kappa shape index (κ1) is 31.8. The van der Waals surface area contributed by atoms with Crippen molar-refractivity contribution in [3.8, 4) is 0 Å². The number of aliphatic hydroxyl groups excluding tert-OH is 2. The van der Waals surface area contributed by atoms with Gasteiger partial charge in [-0.2, -0.15) is 10.2 Å². The molecule has 1 aliphatic rings. The van der Waals surface area contributed by atoms with Gasteiger partial charge in [-0.1, -0.05) is 13.3 Å². The van der Waals surface area contributed by atoms with E-state index < -0.39 is 11.9 Å². The second-order valence-corrected chi connectivity index (χ2v) is 8.98. The Hall–Kier alpha value is -3.38. The van der Waals surface area contributed by atoms with Crippen molar-refractivity contribution in [3.63, 3.8) is 0 Å². The number of esters is 2. The van der Waals surface area contributed by atoms with Crippen LogP contribution in [0.2, 0.25) is 0 Å². The zero-order chi connectivity index (χ0) is 28.9. The summed E-state index contributed by atoms with van der Waals surface area (Å²) in [6.45, 7) is 7.56. The van der Waals surface area contributed by atoms with E-state index in [9.17, 15) is 19.2 Å². The Balaban J connectivity index is 0.000000274. The molecule has 2 heterocycles. The molecule has 0 radical (unpaired) electrons. The van der Waals surface area contributed by atoms with Crippen molar-refractivity contribution < 1.29 is 38.9 Å². The third-order valence-corrected chi connectivity index (χ3v) is 6.12. The molecule has 39 heavy (non-hydrogen) atoms. The molecule has 12 nitrogen and oxygen atoms in total. The number of ether oxygens (including phenoxy) is 2. The normalized spacial score (nSPS) is 12.7. The summed E-state index contributed by atoms with van der Waals surface area (Å²) >= 11 is 0. The van der Waals surface area contributed by atoms with Crippen LogP contribution in [0.3, 0.4) is 0 Å². The van der Waals surface area contributed by atoms with E-state index in [2.05, 4.69) is 10.2 Å². The Bertz CT molecular complexity index is 1150. The van der Waals surface area contributed by atoms with E-state index in [4.69, 9.17) is 19.7 Å². The summed E-state index contributed by atoms with van der Waals surface area (Å²) in [5, 5.41) is 26.4. The van der Waals surface area contributed by atoms with Crippen LogP contribution in [0, 0.1) is 0 Å². The summed E-state index contributed by atoms with van der Waals surface area (Å²) < 4.78 is 12.8. The standard InChI is InChI=1S/C14H22N2O4.C13H18N2O4/c1-4-6-7-11-12(14(19)20-5-2)15-16(8-9-17)13(11)10(3)18;1-2-19-13(18)12-9-5-3-4-6-10(17)11(9)14-15(12)7-8-16/h17H,4-9H2,1-3H3;16H,2-8H2,1H3. The fourth-order valence-corrected chi connectivity index (χ4v) is 4.45. The molecule has 0 unspecified atom stereocenters. The number of fused-ring (bicyclic) bond motifs is 1. The topological polar surface area (TPSA) is 163 Å². The molecule has 0 saturated carbocycles. The average Bonchev–Trinajstić information content (AvgIpc) is 3.39. The lowest BCUT2D eigenvalue weighted by atomic mass is 10.0. The van der Waals surface area contributed by atoms with Crippen molar-refractivity contribution in [1.82, 2.24) is 19.6 Å². The second kappa shape index (κ2) is 15.9. The Morgan fingerprint density at radius 1 is 0.872 bits per heavy atom. The van der Waals surface area contributed by atoms with Crippen molar-refractivity contribution in [2.45, 2.75) is 85.7 Å². The number of unbranched alkanes of at least 4 members (excludes halogenated alkanes) is 1. The van der Waals surface area contributed by atoms with Crippen LogP contribution in [-0.2, 0) is 35.4 Å². The Morgan fingerprint density at radius 3 is 2.03 bits per heavy atom. The van der Waals surface area contributed by atoms with Gasteiger partial charge in [-0.05, 0) is 46.0 Å². The largest absolute Gasteiger partial charge is 0.461 e. The van der Waals surface area contributed by atoms with Crippen LogP contribution >= 0.6 is 0 Å². The summed E-state index contributed by atoms with van der Waals surface area (Å²) in [6, 6.07) is 0. The van der Waals surface area contributed by atoms with E-state index >= 15 is 0 Å². The molecule has 0 atom stereocenters. The summed E-state index contributed by atoms with van der Waals surface area (Å²) in [7, 11) is 0. The smallest absolute Gasteiger partial charge is 0.359 e. The highest BCUT2D eigenvalue weighted by Crippen LogP contribution is 2.24. The number of hydrogen-bond donors (Lipinski definition) is 2. The maximum absolute atomic E-state index is 12.0. The number of rotatable bonds is 12. The molecular formula is C27H40N4O8. The monoisotopic (exact) mass is 548 g/mol. The lowest BCUT2D eigenvalue weighted by Gasteiger charge is -2.07. The molecule has 2 N–H and O–H groups in total. The van der Waals surface area contributed by atoms with Gasteiger partial charge in [0.2, 0.25) is 0 Å². The van der Waals surface area contributed by atoms with Gasteiger partial charge in [0.15, 0.2) is 23.0 Å². The maximum atomic E-state index is 12.0. The molecule has 3 rings (SSSR count). The van der Waals surface area contributed by atoms with E-state index in [-0.39, 0.29) is 56.8 Å². The van der Waals surface area contributed by atoms with Crippen molar-refractivity contribution in [1.29, 1.82) is 0 Å². The first-order valence-electron chi connectivity index (χ1n) is 13.5. The summed E-state index contributed by atoms with van der Waals surface area (Å²) in [6.07, 6.45) is 5.20. The number of aromatic nitrogens is 4. The molecule has 2 aromatic rings. The Kier molecular flexibility index (Phi) is 13.0. The number of Topliss-reactive ketones (excluding diaryl/α,β-unsaturated/α-hetero) is 2. The molecular weight excluding hydrogens is 508 g/mol. The summed E-state index contributed by atoms with van der Waals surface area (Å²) in [4.78, 5) is 47.8. The van der Waals surface area contributed by atoms with Gasteiger partial charge in [0, 0.05) is 24.5 Å². The van der Waals surface area contributed by atoms with Crippen LogP contribution in [0.4, 0.5) is 0 Å². The number of nitrogens with zero attached hydrogens (tertiary/aromatic N) is 4. The van der Waals surface area contributed by atoms with Crippen LogP contribution in [0.5, 0.6) is 0 Å². The van der Waals surface area contributed by atoms with E-state index in [0.29, 0.717) is 47.5 Å². The predicted molar refractivity (Wildman–Crippen MR) is 141 cm³/mol. The lowest BCUT2D eigenvalue weighted by molar-refractivity contribution is 0.0502. The quantitative estimate of drug-likeness (QED) is 0.229. The minimum Gasteiger partial charge on any atom is -0.461 e. The van der Waals surface area contributed by atoms with Crippen molar-refractivity contribution >= 4 is 23.5 Å². The van der Waals surface area contributed by atoms with Crippen LogP contribution in [0.1, 0.15) is 113 Å². The van der Waals surface area contributed by atoms with Gasteiger partial charge in [0.25, 0.3) is 0 Å². The van der Waals surface area contributed by atoms with Crippen molar-refractivity contribution in [3.05, 3.63) is 33.9 Å². The lowest BCUT2D eigenvalue weighted by Crippen LogP contribution is -2.16. The van der Waals surface area contributed by atoms with Crippen LogP contribution in [0.25, 0.3) is 0 Å². The van der Waals surface area contributed by atoms with Gasteiger partial charge in [-0.15, -0.1) is 0 Å². The molecule has 216 valence electrons. The molecule has 2 aromatic heterocycles. The first-order valence-corrected chi connectivity index (χ1v) is 13.5. The van der Waals surface area contributed by atoms with Gasteiger partial charge in [0.1, 0.15) is 11.4 Å².